The normalized spacial score (nSPS) is 46.2. The summed E-state index contributed by atoms with van der Waals surface area (Å²) < 4.78 is 0. The van der Waals surface area contributed by atoms with Crippen LogP contribution in [0.4, 0.5) is 0 Å². The molecule has 0 aromatic heterocycles. The van der Waals surface area contributed by atoms with Gasteiger partial charge in [-0.2, -0.15) is 0 Å². The van der Waals surface area contributed by atoms with Gasteiger partial charge in [-0.05, 0) is 68.1 Å². The quantitative estimate of drug-likeness (QED) is 0.712. The molecule has 3 nitrogen and oxygen atoms in total. The van der Waals surface area contributed by atoms with Crippen LogP contribution in [0.15, 0.2) is 0 Å². The second-order valence-corrected chi connectivity index (χ2v) is 9.58. The Morgan fingerprint density at radius 2 is 1.88 bits per heavy atom. The maximum Gasteiger partial charge on any atom is 0.108 e. The third-order valence-electron chi connectivity index (χ3n) is 7.35. The topological polar surface area (TPSA) is 52.5 Å². The fourth-order valence-electron chi connectivity index (χ4n) is 6.00. The van der Waals surface area contributed by atoms with Crippen LogP contribution < -0.4 is 5.32 Å². The molecule has 0 radical (unpaired) electrons. The molecule has 1 saturated heterocycles. The van der Waals surface area contributed by atoms with Crippen molar-refractivity contribution in [3.63, 3.8) is 0 Å². The largest absolute Gasteiger partial charge is 0.393 e. The lowest BCUT2D eigenvalue weighted by molar-refractivity contribution is 0.0183. The minimum atomic E-state index is -0.304. The summed E-state index contributed by atoms with van der Waals surface area (Å²) in [6.45, 7) is 6.94. The summed E-state index contributed by atoms with van der Waals surface area (Å²) in [5, 5.41) is 24.5. The van der Waals surface area contributed by atoms with Gasteiger partial charge in [0.15, 0.2) is 0 Å². The van der Waals surface area contributed by atoms with Crippen molar-refractivity contribution in [3.05, 3.63) is 0 Å². The van der Waals surface area contributed by atoms with Gasteiger partial charge in [-0.3, -0.25) is 5.32 Å². The number of nitrogens with one attached hydrogen (secondary N) is 1. The Balaban J connectivity index is 1.58. The van der Waals surface area contributed by atoms with E-state index in [9.17, 15) is 10.2 Å². The van der Waals surface area contributed by atoms with E-state index in [-0.39, 0.29) is 12.3 Å². The second-order valence-electron chi connectivity index (χ2n) is 9.58. The number of aliphatic hydroxyl groups is 2. The predicted molar refractivity (Wildman–Crippen MR) is 98.5 cm³/mol. The molecule has 1 aliphatic heterocycles. The van der Waals surface area contributed by atoms with Crippen LogP contribution in [0, 0.1) is 35.5 Å². The van der Waals surface area contributed by atoms with Crippen molar-refractivity contribution in [2.45, 2.75) is 96.9 Å². The van der Waals surface area contributed by atoms with E-state index >= 15 is 0 Å². The van der Waals surface area contributed by atoms with Crippen molar-refractivity contribution in [2.75, 3.05) is 0 Å². The predicted octanol–water partition coefficient (Wildman–Crippen LogP) is 3.93. The van der Waals surface area contributed by atoms with Crippen molar-refractivity contribution in [2.24, 2.45) is 35.5 Å². The Hall–Kier alpha value is -0.120. The molecule has 1 heterocycles. The van der Waals surface area contributed by atoms with E-state index in [1.54, 1.807) is 0 Å². The molecule has 24 heavy (non-hydrogen) atoms. The van der Waals surface area contributed by atoms with Gasteiger partial charge < -0.3 is 10.2 Å². The van der Waals surface area contributed by atoms with Crippen LogP contribution >= 0.6 is 0 Å². The fraction of sp³-hybridized carbons (Fsp3) is 1.00. The van der Waals surface area contributed by atoms with E-state index in [4.69, 9.17) is 0 Å². The van der Waals surface area contributed by atoms with Crippen LogP contribution in [0.25, 0.3) is 0 Å². The van der Waals surface area contributed by atoms with Crippen LogP contribution in [0.1, 0.15) is 78.6 Å². The molecule has 7 unspecified atom stereocenters. The molecule has 3 fully saturated rings. The van der Waals surface area contributed by atoms with Gasteiger partial charge in [0.2, 0.25) is 0 Å². The first kappa shape index (κ1) is 18.7. The Bertz CT molecular complexity index is 399. The summed E-state index contributed by atoms with van der Waals surface area (Å²) >= 11 is 0. The lowest BCUT2D eigenvalue weighted by atomic mass is 9.67. The van der Waals surface area contributed by atoms with Crippen LogP contribution in [-0.2, 0) is 0 Å². The summed E-state index contributed by atoms with van der Waals surface area (Å²) in [5.74, 6) is 3.73. The number of hydrogen-bond donors (Lipinski definition) is 3. The first-order valence-corrected chi connectivity index (χ1v) is 10.6. The molecule has 2 aliphatic carbocycles. The van der Waals surface area contributed by atoms with Crippen LogP contribution in [0.5, 0.6) is 0 Å². The smallest absolute Gasteiger partial charge is 0.108 e. The minimum absolute atomic E-state index is 0.0898. The monoisotopic (exact) mass is 337 g/mol. The average Bonchev–Trinajstić information content (AvgIpc) is 2.85. The van der Waals surface area contributed by atoms with E-state index in [2.05, 4.69) is 26.1 Å². The van der Waals surface area contributed by atoms with Crippen LogP contribution in [-0.4, -0.2) is 28.6 Å². The van der Waals surface area contributed by atoms with Crippen LogP contribution in [0.2, 0.25) is 0 Å². The maximum atomic E-state index is 10.6. The number of hydrogen-bond acceptors (Lipinski definition) is 3. The third-order valence-corrected chi connectivity index (χ3v) is 7.35. The second kappa shape index (κ2) is 8.05. The van der Waals surface area contributed by atoms with Gasteiger partial charge in [0, 0.05) is 12.0 Å². The lowest BCUT2D eigenvalue weighted by Gasteiger charge is -2.38. The first-order chi connectivity index (χ1) is 11.5. The van der Waals surface area contributed by atoms with Gasteiger partial charge in [0.05, 0.1) is 6.10 Å². The molecule has 8 atom stereocenters. The number of rotatable bonds is 5. The Morgan fingerprint density at radius 3 is 2.62 bits per heavy atom. The fourth-order valence-corrected chi connectivity index (χ4v) is 6.00. The van der Waals surface area contributed by atoms with Gasteiger partial charge in [-0.25, -0.2) is 0 Å². The van der Waals surface area contributed by atoms with Gasteiger partial charge in [-0.1, -0.05) is 40.0 Å². The van der Waals surface area contributed by atoms with Crippen molar-refractivity contribution < 1.29 is 10.2 Å². The van der Waals surface area contributed by atoms with Gasteiger partial charge in [0.1, 0.15) is 6.23 Å². The number of fused-ring (bicyclic) bond motifs is 1. The van der Waals surface area contributed by atoms with Gasteiger partial charge in [0.25, 0.3) is 0 Å². The summed E-state index contributed by atoms with van der Waals surface area (Å²) in [4.78, 5) is 0. The molecular formula is C21H39NO2. The summed E-state index contributed by atoms with van der Waals surface area (Å²) in [7, 11) is 0. The highest BCUT2D eigenvalue weighted by Crippen LogP contribution is 2.46. The zero-order chi connectivity index (χ0) is 17.3. The van der Waals surface area contributed by atoms with Crippen molar-refractivity contribution in [1.82, 2.24) is 5.32 Å². The Labute approximate surface area is 148 Å². The van der Waals surface area contributed by atoms with Crippen molar-refractivity contribution in [1.29, 1.82) is 0 Å². The SMILES string of the molecule is CC(C)CC[C@H]1CC(CC2C(O)NC3CCCC(C)C32)CCC1O. The molecule has 0 amide bonds. The molecular weight excluding hydrogens is 298 g/mol. The summed E-state index contributed by atoms with van der Waals surface area (Å²) in [6.07, 6.45) is 10.3. The highest BCUT2D eigenvalue weighted by atomic mass is 16.3. The van der Waals surface area contributed by atoms with E-state index < -0.39 is 0 Å². The van der Waals surface area contributed by atoms with Crippen molar-refractivity contribution in [3.8, 4) is 0 Å². The molecule has 0 aromatic rings. The minimum Gasteiger partial charge on any atom is -0.393 e. The molecule has 3 rings (SSSR count). The van der Waals surface area contributed by atoms with Crippen LogP contribution in [0.3, 0.4) is 0 Å². The zero-order valence-corrected chi connectivity index (χ0v) is 16.0. The van der Waals surface area contributed by atoms with Gasteiger partial charge in [-0.15, -0.1) is 0 Å². The first-order valence-electron chi connectivity index (χ1n) is 10.6. The molecule has 0 aromatic carbocycles. The molecule has 3 aliphatic rings. The molecule has 0 bridgehead atoms. The highest BCUT2D eigenvalue weighted by molar-refractivity contribution is 4.98. The van der Waals surface area contributed by atoms with Gasteiger partial charge >= 0.3 is 0 Å². The van der Waals surface area contributed by atoms with Crippen molar-refractivity contribution >= 4 is 0 Å². The van der Waals surface area contributed by atoms with E-state index in [1.165, 1.54) is 38.5 Å². The molecule has 3 heteroatoms. The average molecular weight is 338 g/mol. The maximum absolute atomic E-state index is 10.6. The summed E-state index contributed by atoms with van der Waals surface area (Å²) in [5.41, 5.74) is 0. The molecule has 2 saturated carbocycles. The number of aliphatic hydroxyl groups excluding tert-OH is 2. The lowest BCUT2D eigenvalue weighted by Crippen LogP contribution is -2.36. The van der Waals surface area contributed by atoms with E-state index in [0.29, 0.717) is 29.7 Å². The standard InChI is InChI=1S/C21H39NO2/c1-13(2)7-9-16-11-15(8-10-19(16)23)12-17-20-14(3)5-4-6-18(20)22-21(17)24/h13-24H,4-12H2,1-3H3/t14?,15?,16-,17?,18?,19?,20?,21?/m0/s1. The Morgan fingerprint density at radius 1 is 1.08 bits per heavy atom. The third kappa shape index (κ3) is 4.16. The molecule has 3 N–H and O–H groups in total. The van der Waals surface area contributed by atoms with E-state index in [0.717, 1.165) is 31.1 Å². The van der Waals surface area contributed by atoms with E-state index in [1.807, 2.05) is 0 Å². The molecule has 140 valence electrons. The Kier molecular flexibility index (Phi) is 6.26. The highest BCUT2D eigenvalue weighted by Gasteiger charge is 2.47. The summed E-state index contributed by atoms with van der Waals surface area (Å²) in [6, 6.07) is 0.541. The zero-order valence-electron chi connectivity index (χ0n) is 16.0. The molecule has 0 spiro atoms.